The molecule has 2 aliphatic carbocycles. The maximum atomic E-state index is 12.8. The predicted molar refractivity (Wildman–Crippen MR) is 174 cm³/mol. The molecule has 2 aliphatic rings. The highest BCUT2D eigenvalue weighted by Gasteiger charge is 2.49. The van der Waals surface area contributed by atoms with Crippen molar-refractivity contribution in [3.63, 3.8) is 0 Å². The molecule has 1 heterocycles. The Morgan fingerprint density at radius 1 is 0.844 bits per heavy atom. The maximum Gasteiger partial charge on any atom is 0.407 e. The van der Waals surface area contributed by atoms with E-state index in [2.05, 4.69) is 66.2 Å². The monoisotopic (exact) mass is 757 g/mol. The summed E-state index contributed by atoms with van der Waals surface area (Å²) in [5, 5.41) is 8.03. The van der Waals surface area contributed by atoms with Crippen molar-refractivity contribution in [2.75, 3.05) is 52.7 Å². The minimum Gasteiger partial charge on any atom is -0.449 e. The van der Waals surface area contributed by atoms with Crippen molar-refractivity contribution in [2.24, 2.45) is 17.8 Å². The lowest BCUT2D eigenvalue weighted by molar-refractivity contribution is -0.121. The number of fused-ring (bicyclic) bond motifs is 1. The van der Waals surface area contributed by atoms with Crippen molar-refractivity contribution >= 4 is 49.8 Å². The smallest absolute Gasteiger partial charge is 0.407 e. The Hall–Kier alpha value is -2.93. The molecule has 0 unspecified atom stereocenters. The molecule has 3 N–H and O–H groups in total. The molecule has 1 aromatic rings. The Labute approximate surface area is 279 Å². The van der Waals surface area contributed by atoms with Crippen molar-refractivity contribution in [2.45, 2.75) is 51.6 Å². The number of ether oxygens (including phenoxy) is 3. The zero-order chi connectivity index (χ0) is 32.6. The molecule has 248 valence electrons. The van der Waals surface area contributed by atoms with E-state index < -0.39 is 17.2 Å². The molecule has 1 aromatic heterocycles. The molecule has 45 heavy (non-hydrogen) atoms. The minimum atomic E-state index is -0.461. The molecule has 0 spiro atoms. The third-order valence-electron chi connectivity index (χ3n) is 7.61. The van der Waals surface area contributed by atoms with Crippen LogP contribution in [0.1, 0.15) is 38.5 Å². The lowest BCUT2D eigenvalue weighted by atomic mass is 10.1. The first-order valence-electron chi connectivity index (χ1n) is 15.1. The average molecular weight is 759 g/mol. The second kappa shape index (κ2) is 19.6. The standard InChI is InChI=1S/C30H41Br2N5O8/c1-2-24(38)33-11-7-14-36-28(40)26(31)27(32)29(41)37(36)15-10-25(39)34-12-16-43-18-19-44-17-13-35-30(42)45-20-23-21-8-5-3-4-6-9-22(21)23/h2,21-23H,1,5-20H2,(H,33,38)(H,34,39)(H,35,42)/t21-,22+,23-. The molecule has 1 fully saturated rings. The summed E-state index contributed by atoms with van der Waals surface area (Å²) in [4.78, 5) is 61.2. The van der Waals surface area contributed by atoms with Gasteiger partial charge in [-0.05, 0) is 75.0 Å². The van der Waals surface area contributed by atoms with Crippen LogP contribution in [0.5, 0.6) is 0 Å². The molecular weight excluding hydrogens is 718 g/mol. The molecule has 13 nitrogen and oxygen atoms in total. The quantitative estimate of drug-likeness (QED) is 0.110. The fraction of sp³-hybridized carbons (Fsp3) is 0.633. The Morgan fingerprint density at radius 3 is 2.02 bits per heavy atom. The van der Waals surface area contributed by atoms with Gasteiger partial charge >= 0.3 is 6.09 Å². The highest BCUT2D eigenvalue weighted by atomic mass is 79.9. The SMILES string of the molecule is C=CC(=O)NCCCn1c(=O)c(Br)c(Br)c(=O)n1CCC(=O)NCCOCCOCCNC(=O)OC[C@@H]1[C@@H]2CCC#CCC[C@@H]21. The highest BCUT2D eigenvalue weighted by molar-refractivity contribution is 9.13. The zero-order valence-corrected chi connectivity index (χ0v) is 28.4. The number of carbonyl (C=O) groups excluding carboxylic acids is 3. The third-order valence-corrected chi connectivity index (χ3v) is 9.62. The van der Waals surface area contributed by atoms with Gasteiger partial charge in [-0.2, -0.15) is 0 Å². The number of carbonyl (C=O) groups is 3. The first kappa shape index (κ1) is 36.5. The summed E-state index contributed by atoms with van der Waals surface area (Å²) in [6.07, 6.45) is 5.12. The summed E-state index contributed by atoms with van der Waals surface area (Å²) in [5.41, 5.74) is -0.895. The largest absolute Gasteiger partial charge is 0.449 e. The van der Waals surface area contributed by atoms with E-state index in [0.29, 0.717) is 57.1 Å². The molecule has 0 saturated heterocycles. The van der Waals surface area contributed by atoms with Crippen LogP contribution >= 0.6 is 31.9 Å². The number of hydrogen-bond donors (Lipinski definition) is 3. The Kier molecular flexibility index (Phi) is 15.9. The fourth-order valence-corrected chi connectivity index (χ4v) is 5.95. The first-order chi connectivity index (χ1) is 21.7. The fourth-order valence-electron chi connectivity index (χ4n) is 5.20. The van der Waals surface area contributed by atoms with Crippen LogP contribution in [0.3, 0.4) is 0 Å². The van der Waals surface area contributed by atoms with Crippen LogP contribution in [-0.2, 0) is 36.9 Å². The van der Waals surface area contributed by atoms with Crippen LogP contribution in [0.2, 0.25) is 0 Å². The molecule has 3 amide bonds. The van der Waals surface area contributed by atoms with Gasteiger partial charge in [-0.3, -0.25) is 19.2 Å². The molecule has 0 aliphatic heterocycles. The Bertz CT molecular complexity index is 1350. The van der Waals surface area contributed by atoms with Gasteiger partial charge in [-0.15, -0.1) is 11.8 Å². The first-order valence-corrected chi connectivity index (χ1v) is 16.7. The number of nitrogens with one attached hydrogen (secondary N) is 3. The van der Waals surface area contributed by atoms with Gasteiger partial charge in [0.1, 0.15) is 8.95 Å². The van der Waals surface area contributed by atoms with E-state index in [-0.39, 0.29) is 60.0 Å². The molecule has 15 heteroatoms. The van der Waals surface area contributed by atoms with E-state index >= 15 is 0 Å². The number of hydrogen-bond acceptors (Lipinski definition) is 8. The summed E-state index contributed by atoms with van der Waals surface area (Å²) in [5.74, 6) is 7.44. The van der Waals surface area contributed by atoms with Crippen molar-refractivity contribution in [3.8, 4) is 11.8 Å². The van der Waals surface area contributed by atoms with E-state index in [1.807, 2.05) is 0 Å². The Balaban J connectivity index is 1.22. The maximum absolute atomic E-state index is 12.8. The van der Waals surface area contributed by atoms with Crippen LogP contribution in [0.15, 0.2) is 31.2 Å². The summed E-state index contributed by atoms with van der Waals surface area (Å²) in [6, 6.07) is 0. The van der Waals surface area contributed by atoms with Crippen LogP contribution in [-0.4, -0.2) is 79.9 Å². The minimum absolute atomic E-state index is 0.0157. The molecule has 3 rings (SSSR count). The van der Waals surface area contributed by atoms with Crippen LogP contribution < -0.4 is 27.1 Å². The van der Waals surface area contributed by atoms with Gasteiger partial charge in [0.2, 0.25) is 11.8 Å². The summed E-state index contributed by atoms with van der Waals surface area (Å²) < 4.78 is 18.9. The zero-order valence-electron chi connectivity index (χ0n) is 25.2. The highest BCUT2D eigenvalue weighted by Crippen LogP contribution is 2.52. The summed E-state index contributed by atoms with van der Waals surface area (Å²) in [7, 11) is 0. The summed E-state index contributed by atoms with van der Waals surface area (Å²) in [6.45, 7) is 6.08. The van der Waals surface area contributed by atoms with E-state index in [4.69, 9.17) is 14.2 Å². The molecular formula is C30H41Br2N5O8. The number of aromatic nitrogens is 2. The average Bonchev–Trinajstić information content (AvgIpc) is 3.68. The normalized spacial score (nSPS) is 18.3. The van der Waals surface area contributed by atoms with Crippen molar-refractivity contribution in [3.05, 3.63) is 42.3 Å². The lowest BCUT2D eigenvalue weighted by Gasteiger charge is -2.17. The van der Waals surface area contributed by atoms with E-state index in [1.54, 1.807) is 0 Å². The Morgan fingerprint density at radius 2 is 1.42 bits per heavy atom. The number of alkyl carbamates (subject to hydrolysis) is 1. The van der Waals surface area contributed by atoms with Gasteiger partial charge in [0.25, 0.3) is 11.1 Å². The van der Waals surface area contributed by atoms with Crippen LogP contribution in [0, 0.1) is 29.6 Å². The van der Waals surface area contributed by atoms with Gasteiger partial charge in [-0.25, -0.2) is 14.2 Å². The number of halogens is 2. The number of rotatable bonds is 19. The van der Waals surface area contributed by atoms with Crippen LogP contribution in [0.25, 0.3) is 0 Å². The number of amides is 3. The van der Waals surface area contributed by atoms with Gasteiger partial charge in [0.15, 0.2) is 0 Å². The van der Waals surface area contributed by atoms with E-state index in [1.165, 1.54) is 9.36 Å². The molecule has 0 bridgehead atoms. The van der Waals surface area contributed by atoms with Crippen molar-refractivity contribution < 1.29 is 28.6 Å². The van der Waals surface area contributed by atoms with Crippen molar-refractivity contribution in [1.82, 2.24) is 25.3 Å². The second-order valence-electron chi connectivity index (χ2n) is 10.6. The van der Waals surface area contributed by atoms with Gasteiger partial charge in [0.05, 0.1) is 39.6 Å². The lowest BCUT2D eigenvalue weighted by Crippen LogP contribution is -2.41. The molecule has 0 aromatic carbocycles. The molecule has 3 atom stereocenters. The van der Waals surface area contributed by atoms with Gasteiger partial charge in [0, 0.05) is 45.4 Å². The van der Waals surface area contributed by atoms with Gasteiger partial charge < -0.3 is 30.2 Å². The van der Waals surface area contributed by atoms with E-state index in [0.717, 1.165) is 31.8 Å². The summed E-state index contributed by atoms with van der Waals surface area (Å²) >= 11 is 6.27. The topological polar surface area (TPSA) is 159 Å². The predicted octanol–water partition coefficient (Wildman–Crippen LogP) is 1.93. The second-order valence-corrected chi connectivity index (χ2v) is 12.2. The molecule has 1 saturated carbocycles. The van der Waals surface area contributed by atoms with Gasteiger partial charge in [-0.1, -0.05) is 6.58 Å². The van der Waals surface area contributed by atoms with E-state index in [9.17, 15) is 24.0 Å². The third kappa shape index (κ3) is 12.1. The van der Waals surface area contributed by atoms with Crippen LogP contribution in [0.4, 0.5) is 4.79 Å². The van der Waals surface area contributed by atoms with Crippen molar-refractivity contribution in [1.29, 1.82) is 0 Å². The molecule has 0 radical (unpaired) electrons. The number of nitrogens with zero attached hydrogens (tertiary/aromatic N) is 2.